The Labute approximate surface area is 82.6 Å². The first kappa shape index (κ1) is 10.5. The van der Waals surface area contributed by atoms with Crippen molar-refractivity contribution in [2.75, 3.05) is 14.2 Å². The van der Waals surface area contributed by atoms with Gasteiger partial charge in [0.1, 0.15) is 5.75 Å². The van der Waals surface area contributed by atoms with Crippen molar-refractivity contribution in [3.05, 3.63) is 30.3 Å². The van der Waals surface area contributed by atoms with Gasteiger partial charge >= 0.3 is 5.97 Å². The van der Waals surface area contributed by atoms with Crippen LogP contribution < -0.4 is 4.74 Å². The smallest absolute Gasteiger partial charge is 0.423 e. The summed E-state index contributed by atoms with van der Waals surface area (Å²) in [5.41, 5.74) is 0. The zero-order valence-electron chi connectivity index (χ0n) is 8.06. The number of methoxy groups -OCH3 is 2. The van der Waals surface area contributed by atoms with Gasteiger partial charge in [-0.05, 0) is 12.1 Å². The van der Waals surface area contributed by atoms with Crippen LogP contribution in [0.1, 0.15) is 0 Å². The predicted molar refractivity (Wildman–Crippen MR) is 49.4 cm³/mol. The molecule has 1 aromatic carbocycles. The summed E-state index contributed by atoms with van der Waals surface area (Å²) in [4.78, 5) is 0. The molecule has 0 aromatic heterocycles. The summed E-state index contributed by atoms with van der Waals surface area (Å²) in [6, 6.07) is 10.7. The van der Waals surface area contributed by atoms with E-state index in [1.165, 1.54) is 14.2 Å². The molecule has 0 radical (unpaired) electrons. The quantitative estimate of drug-likeness (QED) is 0.680. The van der Waals surface area contributed by atoms with Gasteiger partial charge in [0.05, 0.1) is 0 Å². The molecule has 0 unspecified atom stereocenters. The molecule has 1 rings (SSSR count). The molecule has 0 fully saturated rings. The van der Waals surface area contributed by atoms with E-state index in [1.54, 1.807) is 30.3 Å². The molecule has 0 aliphatic carbocycles. The largest absolute Gasteiger partial charge is 0.428 e. The highest BCUT2D eigenvalue weighted by Crippen LogP contribution is 2.18. The Morgan fingerprint density at radius 3 is 2.14 bits per heavy atom. The molecule has 0 heterocycles. The van der Waals surface area contributed by atoms with Crippen LogP contribution in [-0.4, -0.2) is 20.2 Å². The van der Waals surface area contributed by atoms with Crippen molar-refractivity contribution in [3.63, 3.8) is 0 Å². The van der Waals surface area contributed by atoms with E-state index in [9.17, 15) is 0 Å². The van der Waals surface area contributed by atoms with Gasteiger partial charge in [-0.2, -0.15) is 5.26 Å². The number of nitriles is 1. The molecule has 0 aliphatic rings. The molecule has 74 valence electrons. The number of nitrogens with zero attached hydrogens (tertiary/aromatic N) is 1. The number of rotatable bonds is 4. The summed E-state index contributed by atoms with van der Waals surface area (Å²) in [6.07, 6.45) is 0. The van der Waals surface area contributed by atoms with Gasteiger partial charge in [0.15, 0.2) is 6.07 Å². The normalized spacial score (nSPS) is 10.6. The lowest BCUT2D eigenvalue weighted by Gasteiger charge is -2.23. The molecule has 1 aromatic rings. The Bertz CT molecular complexity index is 314. The highest BCUT2D eigenvalue weighted by atomic mass is 16.9. The highest BCUT2D eigenvalue weighted by molar-refractivity contribution is 5.22. The van der Waals surface area contributed by atoms with Crippen LogP contribution in [0, 0.1) is 11.3 Å². The van der Waals surface area contributed by atoms with Crippen LogP contribution in [0.3, 0.4) is 0 Å². The highest BCUT2D eigenvalue weighted by Gasteiger charge is 2.32. The van der Waals surface area contributed by atoms with Crippen LogP contribution in [0.4, 0.5) is 0 Å². The van der Waals surface area contributed by atoms with E-state index in [1.807, 2.05) is 6.07 Å². The molecular formula is C10H11NO3. The minimum atomic E-state index is -1.67. The van der Waals surface area contributed by atoms with Gasteiger partial charge < -0.3 is 14.2 Å². The minimum absolute atomic E-state index is 0.512. The number of benzene rings is 1. The van der Waals surface area contributed by atoms with Crippen LogP contribution >= 0.6 is 0 Å². The summed E-state index contributed by atoms with van der Waals surface area (Å²) in [5, 5.41) is 8.81. The average molecular weight is 193 g/mol. The van der Waals surface area contributed by atoms with Gasteiger partial charge in [-0.1, -0.05) is 18.2 Å². The fourth-order valence-corrected chi connectivity index (χ4v) is 0.924. The molecule has 0 atom stereocenters. The zero-order chi connectivity index (χ0) is 10.4. The summed E-state index contributed by atoms with van der Waals surface area (Å²) in [7, 11) is 2.69. The maximum atomic E-state index is 8.81. The first-order chi connectivity index (χ1) is 6.76. The molecule has 14 heavy (non-hydrogen) atoms. The third-order valence-corrected chi connectivity index (χ3v) is 1.67. The van der Waals surface area contributed by atoms with Crippen LogP contribution in [-0.2, 0) is 9.47 Å². The van der Waals surface area contributed by atoms with E-state index in [4.69, 9.17) is 19.5 Å². The first-order valence-electron chi connectivity index (χ1n) is 4.02. The third-order valence-electron chi connectivity index (χ3n) is 1.67. The number of para-hydroxylation sites is 1. The van der Waals surface area contributed by atoms with Gasteiger partial charge in [-0.25, -0.2) is 0 Å². The maximum Gasteiger partial charge on any atom is 0.423 e. The molecule has 0 amide bonds. The molecular weight excluding hydrogens is 182 g/mol. The van der Waals surface area contributed by atoms with Gasteiger partial charge in [0, 0.05) is 14.2 Å². The van der Waals surface area contributed by atoms with Gasteiger partial charge in [0.25, 0.3) is 0 Å². The number of hydrogen-bond donors (Lipinski definition) is 0. The number of hydrogen-bond acceptors (Lipinski definition) is 4. The van der Waals surface area contributed by atoms with E-state index < -0.39 is 5.97 Å². The standard InChI is InChI=1S/C10H11NO3/c1-12-10(8-11,13-2)14-9-6-4-3-5-7-9/h3-7H,1-2H3. The SMILES string of the molecule is COC(C#N)(OC)Oc1ccccc1. The zero-order valence-corrected chi connectivity index (χ0v) is 8.06. The van der Waals surface area contributed by atoms with Crippen molar-refractivity contribution in [1.29, 1.82) is 5.26 Å². The lowest BCUT2D eigenvalue weighted by Crippen LogP contribution is -2.38. The summed E-state index contributed by atoms with van der Waals surface area (Å²) in [5.74, 6) is -1.15. The predicted octanol–water partition coefficient (Wildman–Crippen LogP) is 1.54. The maximum absolute atomic E-state index is 8.81. The lowest BCUT2D eigenvalue weighted by molar-refractivity contribution is -0.281. The van der Waals surface area contributed by atoms with Crippen molar-refractivity contribution < 1.29 is 14.2 Å². The van der Waals surface area contributed by atoms with Crippen molar-refractivity contribution in [3.8, 4) is 11.8 Å². The average Bonchev–Trinajstić information content (AvgIpc) is 2.28. The molecule has 0 saturated heterocycles. The second-order valence-corrected chi connectivity index (χ2v) is 2.49. The Balaban J connectivity index is 2.81. The van der Waals surface area contributed by atoms with Crippen LogP contribution in [0.25, 0.3) is 0 Å². The molecule has 0 bridgehead atoms. The molecule has 0 saturated carbocycles. The van der Waals surface area contributed by atoms with Crippen molar-refractivity contribution in [2.45, 2.75) is 5.97 Å². The van der Waals surface area contributed by atoms with E-state index in [-0.39, 0.29) is 0 Å². The van der Waals surface area contributed by atoms with Crippen molar-refractivity contribution >= 4 is 0 Å². The van der Waals surface area contributed by atoms with E-state index in [2.05, 4.69) is 0 Å². The second kappa shape index (κ2) is 4.61. The van der Waals surface area contributed by atoms with Crippen LogP contribution in [0.5, 0.6) is 5.75 Å². The summed E-state index contributed by atoms with van der Waals surface area (Å²) in [6.45, 7) is 0. The van der Waals surface area contributed by atoms with E-state index in [0.29, 0.717) is 5.75 Å². The minimum Gasteiger partial charge on any atom is -0.428 e. The Morgan fingerprint density at radius 2 is 1.71 bits per heavy atom. The van der Waals surface area contributed by atoms with Gasteiger partial charge in [-0.15, -0.1) is 0 Å². The first-order valence-corrected chi connectivity index (χ1v) is 4.02. The Kier molecular flexibility index (Phi) is 3.46. The fraction of sp³-hybridized carbons (Fsp3) is 0.300. The van der Waals surface area contributed by atoms with E-state index >= 15 is 0 Å². The second-order valence-electron chi connectivity index (χ2n) is 2.49. The molecule has 0 spiro atoms. The van der Waals surface area contributed by atoms with Gasteiger partial charge in [0.2, 0.25) is 0 Å². The summed E-state index contributed by atoms with van der Waals surface area (Å²) < 4.78 is 14.9. The van der Waals surface area contributed by atoms with Crippen molar-refractivity contribution in [1.82, 2.24) is 0 Å². The Morgan fingerprint density at radius 1 is 1.14 bits per heavy atom. The van der Waals surface area contributed by atoms with E-state index in [0.717, 1.165) is 0 Å². The van der Waals surface area contributed by atoms with Crippen LogP contribution in [0.2, 0.25) is 0 Å². The third kappa shape index (κ3) is 2.22. The molecule has 0 N–H and O–H groups in total. The molecule has 4 nitrogen and oxygen atoms in total. The van der Waals surface area contributed by atoms with Crippen molar-refractivity contribution in [2.24, 2.45) is 0 Å². The molecule has 4 heteroatoms. The fourth-order valence-electron chi connectivity index (χ4n) is 0.924. The lowest BCUT2D eigenvalue weighted by atomic mass is 10.3. The van der Waals surface area contributed by atoms with Gasteiger partial charge in [-0.3, -0.25) is 0 Å². The molecule has 0 aliphatic heterocycles. The van der Waals surface area contributed by atoms with Crippen LogP contribution in [0.15, 0.2) is 30.3 Å². The monoisotopic (exact) mass is 193 g/mol. The topological polar surface area (TPSA) is 51.5 Å². The number of ether oxygens (including phenoxy) is 3. The summed E-state index contributed by atoms with van der Waals surface area (Å²) >= 11 is 0. The Hall–Kier alpha value is -1.57.